The monoisotopic (exact) mass is 242 g/mol. The molecule has 0 aliphatic carbocycles. The maximum atomic E-state index is 11.6. The Kier molecular flexibility index (Phi) is 4.96. The van der Waals surface area contributed by atoms with Crippen LogP contribution in [0.15, 0.2) is 11.3 Å². The van der Waals surface area contributed by atoms with Crippen molar-refractivity contribution in [2.75, 3.05) is 19.8 Å². The Hall–Kier alpha value is -1.56. The number of urea groups is 1. The van der Waals surface area contributed by atoms with E-state index in [0.29, 0.717) is 17.9 Å². The van der Waals surface area contributed by atoms with Gasteiger partial charge in [-0.3, -0.25) is 0 Å². The van der Waals surface area contributed by atoms with Crippen molar-refractivity contribution in [3.63, 3.8) is 0 Å². The Morgan fingerprint density at radius 1 is 1.47 bits per heavy atom. The third-order valence-corrected chi connectivity index (χ3v) is 2.14. The highest BCUT2D eigenvalue weighted by atomic mass is 16.5. The van der Waals surface area contributed by atoms with E-state index in [1.54, 1.807) is 6.92 Å². The van der Waals surface area contributed by atoms with Crippen molar-refractivity contribution >= 4 is 12.0 Å². The van der Waals surface area contributed by atoms with Crippen LogP contribution in [0, 0.1) is 0 Å². The van der Waals surface area contributed by atoms with Crippen molar-refractivity contribution in [1.29, 1.82) is 0 Å². The number of nitrogens with one attached hydrogen (secondary N) is 2. The van der Waals surface area contributed by atoms with E-state index < -0.39 is 5.97 Å². The molecule has 0 spiro atoms. The highest BCUT2D eigenvalue weighted by Gasteiger charge is 2.23. The third kappa shape index (κ3) is 4.07. The zero-order chi connectivity index (χ0) is 12.8. The Bertz CT molecular complexity index is 336. The number of amides is 2. The van der Waals surface area contributed by atoms with Gasteiger partial charge in [0.05, 0.1) is 37.1 Å². The second-order valence-electron chi connectivity index (χ2n) is 3.85. The van der Waals surface area contributed by atoms with Crippen LogP contribution in [0.25, 0.3) is 0 Å². The first-order chi connectivity index (χ1) is 8.04. The largest absolute Gasteiger partial charge is 0.463 e. The summed E-state index contributed by atoms with van der Waals surface area (Å²) < 4.78 is 10.3. The quantitative estimate of drug-likeness (QED) is 0.690. The SMILES string of the molecule is CCOC(=O)C1=C(COC(C)C)NC(=O)NC1. The number of hydrogen-bond acceptors (Lipinski definition) is 4. The minimum Gasteiger partial charge on any atom is -0.463 e. The zero-order valence-corrected chi connectivity index (χ0v) is 10.3. The fourth-order valence-corrected chi connectivity index (χ4v) is 1.32. The van der Waals surface area contributed by atoms with E-state index in [1.807, 2.05) is 13.8 Å². The lowest BCUT2D eigenvalue weighted by atomic mass is 10.1. The predicted octanol–water partition coefficient (Wildman–Crippen LogP) is 0.541. The van der Waals surface area contributed by atoms with E-state index in [2.05, 4.69) is 10.6 Å². The first-order valence-electron chi connectivity index (χ1n) is 5.60. The zero-order valence-electron chi connectivity index (χ0n) is 10.3. The first kappa shape index (κ1) is 13.5. The van der Waals surface area contributed by atoms with Gasteiger partial charge in [0.15, 0.2) is 0 Å². The summed E-state index contributed by atoms with van der Waals surface area (Å²) in [5, 5.41) is 5.09. The molecule has 0 unspecified atom stereocenters. The van der Waals surface area contributed by atoms with Gasteiger partial charge in [-0.25, -0.2) is 9.59 Å². The third-order valence-electron chi connectivity index (χ3n) is 2.14. The molecule has 0 aromatic carbocycles. The molecule has 17 heavy (non-hydrogen) atoms. The number of esters is 1. The second-order valence-corrected chi connectivity index (χ2v) is 3.85. The molecular weight excluding hydrogens is 224 g/mol. The molecule has 0 saturated carbocycles. The molecule has 2 amide bonds. The Morgan fingerprint density at radius 3 is 2.76 bits per heavy atom. The minimum atomic E-state index is -0.428. The number of rotatable bonds is 5. The molecule has 96 valence electrons. The average Bonchev–Trinajstić information content (AvgIpc) is 2.26. The molecule has 6 heteroatoms. The van der Waals surface area contributed by atoms with Gasteiger partial charge in [0.25, 0.3) is 0 Å². The normalized spacial score (nSPS) is 15.6. The number of carbonyl (C=O) groups excluding carboxylic acids is 2. The molecule has 1 aliphatic rings. The molecule has 0 saturated heterocycles. The molecule has 0 aromatic heterocycles. The topological polar surface area (TPSA) is 76.7 Å². The first-order valence-corrected chi connectivity index (χ1v) is 5.60. The number of ether oxygens (including phenoxy) is 2. The molecular formula is C11H18N2O4. The van der Waals surface area contributed by atoms with E-state index in [0.717, 1.165) is 0 Å². The second kappa shape index (κ2) is 6.24. The summed E-state index contributed by atoms with van der Waals surface area (Å²) in [6, 6.07) is -0.333. The van der Waals surface area contributed by atoms with Crippen LogP contribution >= 0.6 is 0 Å². The molecule has 0 atom stereocenters. The lowest BCUT2D eigenvalue weighted by Crippen LogP contribution is -2.45. The van der Waals surface area contributed by atoms with Crippen LogP contribution in [-0.2, 0) is 14.3 Å². The van der Waals surface area contributed by atoms with Gasteiger partial charge in [-0.15, -0.1) is 0 Å². The van der Waals surface area contributed by atoms with Crippen molar-refractivity contribution in [2.45, 2.75) is 26.9 Å². The van der Waals surface area contributed by atoms with Crippen molar-refractivity contribution in [2.24, 2.45) is 0 Å². The highest BCUT2D eigenvalue weighted by Crippen LogP contribution is 2.09. The molecule has 1 heterocycles. The van der Waals surface area contributed by atoms with Gasteiger partial charge in [-0.05, 0) is 20.8 Å². The van der Waals surface area contributed by atoms with E-state index >= 15 is 0 Å². The number of hydrogen-bond donors (Lipinski definition) is 2. The maximum Gasteiger partial charge on any atom is 0.337 e. The van der Waals surface area contributed by atoms with E-state index in [1.165, 1.54) is 0 Å². The van der Waals surface area contributed by atoms with Gasteiger partial charge >= 0.3 is 12.0 Å². The Morgan fingerprint density at radius 2 is 2.18 bits per heavy atom. The summed E-state index contributed by atoms with van der Waals surface area (Å²) >= 11 is 0. The highest BCUT2D eigenvalue weighted by molar-refractivity contribution is 5.93. The summed E-state index contributed by atoms with van der Waals surface area (Å²) in [6.07, 6.45) is 0.0257. The van der Waals surface area contributed by atoms with Crippen molar-refractivity contribution in [3.8, 4) is 0 Å². The number of carbonyl (C=O) groups is 2. The predicted molar refractivity (Wildman–Crippen MR) is 61.3 cm³/mol. The fraction of sp³-hybridized carbons (Fsp3) is 0.636. The molecule has 0 radical (unpaired) electrons. The van der Waals surface area contributed by atoms with Gasteiger partial charge in [-0.2, -0.15) is 0 Å². The molecule has 0 aromatic rings. The van der Waals surface area contributed by atoms with Gasteiger partial charge in [-0.1, -0.05) is 0 Å². The summed E-state index contributed by atoms with van der Waals surface area (Å²) in [5.74, 6) is -0.428. The van der Waals surface area contributed by atoms with Crippen molar-refractivity contribution < 1.29 is 19.1 Å². The van der Waals surface area contributed by atoms with E-state index in [4.69, 9.17) is 9.47 Å². The van der Waals surface area contributed by atoms with Crippen LogP contribution in [0.4, 0.5) is 4.79 Å². The Balaban J connectivity index is 2.78. The van der Waals surface area contributed by atoms with Crippen LogP contribution in [0.3, 0.4) is 0 Å². The van der Waals surface area contributed by atoms with Gasteiger partial charge in [0.1, 0.15) is 0 Å². The van der Waals surface area contributed by atoms with Gasteiger partial charge < -0.3 is 20.1 Å². The summed E-state index contributed by atoms with van der Waals surface area (Å²) in [6.45, 7) is 6.16. The van der Waals surface area contributed by atoms with Crippen LogP contribution in [0.5, 0.6) is 0 Å². The standard InChI is InChI=1S/C11H18N2O4/c1-4-16-10(14)8-5-12-11(15)13-9(8)6-17-7(2)3/h7H,4-6H2,1-3H3,(H2,12,13,15). The Labute approximate surface area is 100 Å². The van der Waals surface area contributed by atoms with Gasteiger partial charge in [0, 0.05) is 0 Å². The summed E-state index contributed by atoms with van der Waals surface area (Å²) in [4.78, 5) is 22.8. The minimum absolute atomic E-state index is 0.0257. The summed E-state index contributed by atoms with van der Waals surface area (Å²) in [7, 11) is 0. The van der Waals surface area contributed by atoms with Crippen LogP contribution < -0.4 is 10.6 Å². The molecule has 1 aliphatic heterocycles. The van der Waals surface area contributed by atoms with Gasteiger partial charge in [0.2, 0.25) is 0 Å². The summed E-state index contributed by atoms with van der Waals surface area (Å²) in [5.41, 5.74) is 0.882. The fourth-order valence-electron chi connectivity index (χ4n) is 1.32. The smallest absolute Gasteiger partial charge is 0.337 e. The molecule has 0 fully saturated rings. The van der Waals surface area contributed by atoms with E-state index in [9.17, 15) is 9.59 Å². The maximum absolute atomic E-state index is 11.6. The van der Waals surface area contributed by atoms with Crippen LogP contribution in [0.1, 0.15) is 20.8 Å². The molecule has 2 N–H and O–H groups in total. The lowest BCUT2D eigenvalue weighted by molar-refractivity contribution is -0.138. The average molecular weight is 242 g/mol. The molecule has 0 bridgehead atoms. The van der Waals surface area contributed by atoms with Crippen molar-refractivity contribution in [3.05, 3.63) is 11.3 Å². The lowest BCUT2D eigenvalue weighted by Gasteiger charge is -2.21. The van der Waals surface area contributed by atoms with Crippen LogP contribution in [-0.4, -0.2) is 37.9 Å². The molecule has 6 nitrogen and oxygen atoms in total. The molecule has 1 rings (SSSR count). The van der Waals surface area contributed by atoms with E-state index in [-0.39, 0.29) is 25.3 Å². The van der Waals surface area contributed by atoms with Crippen molar-refractivity contribution in [1.82, 2.24) is 10.6 Å². The van der Waals surface area contributed by atoms with Crippen LogP contribution in [0.2, 0.25) is 0 Å².